The van der Waals surface area contributed by atoms with Crippen molar-refractivity contribution in [1.29, 1.82) is 0 Å². The summed E-state index contributed by atoms with van der Waals surface area (Å²) < 4.78 is 50.0. The van der Waals surface area contributed by atoms with Crippen LogP contribution in [0, 0.1) is 13.7 Å². The van der Waals surface area contributed by atoms with Gasteiger partial charge in [0, 0.05) is 65.9 Å². The van der Waals surface area contributed by atoms with Crippen molar-refractivity contribution in [3.8, 4) is 22.5 Å². The highest BCUT2D eigenvalue weighted by Crippen LogP contribution is 2.50. The molecule has 0 bridgehead atoms. The van der Waals surface area contributed by atoms with Crippen LogP contribution in [-0.2, 0) is 0 Å². The van der Waals surface area contributed by atoms with Gasteiger partial charge in [-0.2, -0.15) is 0 Å². The quantitative estimate of drug-likeness (QED) is 0.150. The molecule has 3 aliphatic heterocycles. The Morgan fingerprint density at radius 1 is 0.444 bits per heavy atom. The van der Waals surface area contributed by atoms with Gasteiger partial charge < -0.3 is 14.7 Å². The number of nitrogens with zero attached hydrogens (tertiary/aromatic N) is 5. The molecule has 3 aliphatic rings. The standard InChI is InChI=1S/C56H44BN5Si/c1-37-29-31-58-44(33-37)42-21-11-13-23-46(42)61-48-25-15-27-52-55(48)57-54-50(61)35-41(60(39-17-7-5-8-18-39)40-19-9-6-10-20-40)36-51(54)62(49-26-16-28-53(56(49)57)63(52,3)4)47-24-14-12-22-43(47)45-34-38(2)30-32-59-45/h5-36H,1-4H3/i1D3,2D3. The van der Waals surface area contributed by atoms with Crippen LogP contribution >= 0.6 is 0 Å². The molecule has 0 atom stereocenters. The first-order valence-electron chi connectivity index (χ1n) is 24.4. The van der Waals surface area contributed by atoms with Crippen molar-refractivity contribution < 1.29 is 8.22 Å². The molecule has 0 fully saturated rings. The van der Waals surface area contributed by atoms with Crippen LogP contribution in [0.4, 0.5) is 51.2 Å². The van der Waals surface area contributed by atoms with Crippen molar-refractivity contribution in [2.24, 2.45) is 0 Å². The number of pyridine rings is 2. The Hall–Kier alpha value is -7.48. The first kappa shape index (κ1) is 31.4. The highest BCUT2D eigenvalue weighted by Gasteiger charge is 2.52. The molecule has 2 aromatic heterocycles. The highest BCUT2D eigenvalue weighted by molar-refractivity contribution is 7.16. The topological polar surface area (TPSA) is 35.5 Å². The van der Waals surface area contributed by atoms with Gasteiger partial charge in [-0.3, -0.25) is 9.97 Å². The molecule has 7 heteroatoms. The fourth-order valence-corrected chi connectivity index (χ4v) is 13.7. The zero-order valence-electron chi connectivity index (χ0n) is 40.8. The van der Waals surface area contributed by atoms with Gasteiger partial charge in [-0.15, -0.1) is 0 Å². The monoisotopic (exact) mass is 831 g/mol. The van der Waals surface area contributed by atoms with Crippen molar-refractivity contribution in [2.45, 2.75) is 26.8 Å². The van der Waals surface area contributed by atoms with Gasteiger partial charge in [-0.05, 0) is 126 Å². The van der Waals surface area contributed by atoms with Crippen LogP contribution in [-0.4, -0.2) is 24.8 Å². The molecule has 300 valence electrons. The number of para-hydroxylation sites is 4. The van der Waals surface area contributed by atoms with E-state index < -0.39 is 21.8 Å². The maximum Gasteiger partial charge on any atom is 0.251 e. The van der Waals surface area contributed by atoms with E-state index in [2.05, 4.69) is 137 Å². The van der Waals surface area contributed by atoms with E-state index in [4.69, 9.17) is 18.2 Å². The molecule has 0 spiro atoms. The molecule has 5 heterocycles. The average Bonchev–Trinajstić information content (AvgIpc) is 3.36. The first-order valence-corrected chi connectivity index (χ1v) is 24.4. The Kier molecular flexibility index (Phi) is 7.12. The number of hydrogen-bond donors (Lipinski definition) is 0. The van der Waals surface area contributed by atoms with E-state index in [0.717, 1.165) is 67.8 Å². The summed E-state index contributed by atoms with van der Waals surface area (Å²) in [5.41, 5.74) is 15.6. The maximum atomic E-state index is 8.34. The predicted molar refractivity (Wildman–Crippen MR) is 268 cm³/mol. The summed E-state index contributed by atoms with van der Waals surface area (Å²) in [6.45, 7) is 0.126. The minimum Gasteiger partial charge on any atom is -0.311 e. The third-order valence-electron chi connectivity index (χ3n) is 13.1. The average molecular weight is 832 g/mol. The molecule has 0 saturated heterocycles. The summed E-state index contributed by atoms with van der Waals surface area (Å²) in [6.07, 6.45) is 3.18. The Morgan fingerprint density at radius 3 is 1.37 bits per heavy atom. The lowest BCUT2D eigenvalue weighted by Gasteiger charge is -2.50. The molecular formula is C56H44BN5Si. The summed E-state index contributed by atoms with van der Waals surface area (Å²) in [6, 6.07) is 61.9. The molecule has 0 aliphatic carbocycles. The molecule has 5 nitrogen and oxygen atoms in total. The van der Waals surface area contributed by atoms with E-state index in [0.29, 0.717) is 11.4 Å². The van der Waals surface area contributed by atoms with Crippen molar-refractivity contribution in [2.75, 3.05) is 14.7 Å². The lowest BCUT2D eigenvalue weighted by atomic mass is 9.33. The molecule has 0 saturated carbocycles. The van der Waals surface area contributed by atoms with Crippen LogP contribution < -0.4 is 41.5 Å². The van der Waals surface area contributed by atoms with Crippen LogP contribution in [0.15, 0.2) is 194 Å². The second kappa shape index (κ2) is 14.3. The Balaban J connectivity index is 1.22. The fourth-order valence-electron chi connectivity index (χ4n) is 10.5. The third kappa shape index (κ3) is 5.69. The smallest absolute Gasteiger partial charge is 0.251 e. The van der Waals surface area contributed by atoms with E-state index in [9.17, 15) is 0 Å². The van der Waals surface area contributed by atoms with Gasteiger partial charge in [0.05, 0.1) is 28.5 Å². The first-order chi connectivity index (χ1) is 33.3. The summed E-state index contributed by atoms with van der Waals surface area (Å²) in [5.74, 6) is 0. The van der Waals surface area contributed by atoms with Gasteiger partial charge >= 0.3 is 0 Å². The largest absolute Gasteiger partial charge is 0.311 e. The molecule has 12 rings (SSSR count). The highest BCUT2D eigenvalue weighted by atomic mass is 28.3. The van der Waals surface area contributed by atoms with Gasteiger partial charge in [-0.25, -0.2) is 0 Å². The lowest BCUT2D eigenvalue weighted by molar-refractivity contribution is 1.22. The Bertz CT molecular complexity index is 3290. The Morgan fingerprint density at radius 2 is 0.889 bits per heavy atom. The number of hydrogen-bond acceptors (Lipinski definition) is 5. The van der Waals surface area contributed by atoms with Crippen LogP contribution in [0.1, 0.15) is 19.4 Å². The number of benzene rings is 7. The normalized spacial score (nSPS) is 15.6. The lowest BCUT2D eigenvalue weighted by Crippen LogP contribution is -2.79. The van der Waals surface area contributed by atoms with Crippen molar-refractivity contribution in [1.82, 2.24) is 9.97 Å². The predicted octanol–water partition coefficient (Wildman–Crippen LogP) is 11.1. The zero-order valence-corrected chi connectivity index (χ0v) is 35.8. The minimum absolute atomic E-state index is 0.135. The number of aromatic nitrogens is 2. The fraction of sp³-hybridized carbons (Fsp3) is 0.0714. The third-order valence-corrected chi connectivity index (χ3v) is 16.7. The zero-order chi connectivity index (χ0) is 47.4. The summed E-state index contributed by atoms with van der Waals surface area (Å²) in [4.78, 5) is 16.8. The van der Waals surface area contributed by atoms with E-state index >= 15 is 0 Å². The van der Waals surface area contributed by atoms with Crippen LogP contribution in [0.2, 0.25) is 13.1 Å². The number of aryl methyl sites for hydroxylation is 2. The summed E-state index contributed by atoms with van der Waals surface area (Å²) >= 11 is 0. The van der Waals surface area contributed by atoms with E-state index in [1.807, 2.05) is 48.5 Å². The van der Waals surface area contributed by atoms with Crippen LogP contribution in [0.3, 0.4) is 0 Å². The van der Waals surface area contributed by atoms with Crippen molar-refractivity contribution in [3.63, 3.8) is 0 Å². The number of rotatable bonds is 7. The minimum atomic E-state index is -2.41. The maximum absolute atomic E-state index is 8.34. The van der Waals surface area contributed by atoms with E-state index in [1.165, 1.54) is 21.3 Å². The van der Waals surface area contributed by atoms with Crippen molar-refractivity contribution >= 4 is 92.7 Å². The molecule has 0 unspecified atom stereocenters. The molecule has 0 amide bonds. The number of anilines is 9. The molecule has 63 heavy (non-hydrogen) atoms. The second-order valence-corrected chi connectivity index (χ2v) is 21.3. The van der Waals surface area contributed by atoms with Gasteiger partial charge in [0.25, 0.3) is 6.71 Å². The molecule has 9 aromatic rings. The van der Waals surface area contributed by atoms with Crippen LogP contribution in [0.5, 0.6) is 0 Å². The van der Waals surface area contributed by atoms with Gasteiger partial charge in [0.2, 0.25) is 0 Å². The molecular weight excluding hydrogens is 782 g/mol. The van der Waals surface area contributed by atoms with Gasteiger partial charge in [0.15, 0.2) is 0 Å². The summed E-state index contributed by atoms with van der Waals surface area (Å²) in [5, 5.41) is 2.74. The summed E-state index contributed by atoms with van der Waals surface area (Å²) in [7, 11) is -2.41. The molecule has 7 aromatic carbocycles. The molecule has 0 radical (unpaired) electrons. The van der Waals surface area contributed by atoms with Gasteiger partial charge in [0.1, 0.15) is 8.07 Å². The van der Waals surface area contributed by atoms with E-state index in [-0.39, 0.29) is 17.8 Å². The SMILES string of the molecule is [2H]C([2H])([2H])c1ccnc(-c2ccccc2N2c3cc(N(c4ccccc4)c4ccccc4)cc4c3B3c5c2cccc5[Si](C)(C)c2cccc(c23)N4c2ccccc2-c2cc(C([2H])([2H])[2H])ccn2)c1. The van der Waals surface area contributed by atoms with Crippen molar-refractivity contribution in [3.05, 3.63) is 206 Å². The second-order valence-electron chi connectivity index (χ2n) is 17.0. The van der Waals surface area contributed by atoms with E-state index in [1.54, 1.807) is 36.7 Å². The molecule has 0 N–H and O–H groups in total. The Labute approximate surface area is 379 Å². The van der Waals surface area contributed by atoms with Crippen LogP contribution in [0.25, 0.3) is 22.5 Å². The van der Waals surface area contributed by atoms with Gasteiger partial charge in [-0.1, -0.05) is 121 Å².